The molecule has 0 amide bonds. The van der Waals surface area contributed by atoms with E-state index in [0.717, 1.165) is 6.92 Å². The third-order valence-corrected chi connectivity index (χ3v) is 0. The zero-order valence-corrected chi connectivity index (χ0v) is 11.4. The molecule has 0 bridgehead atoms. The Morgan fingerprint density at radius 3 is 1.07 bits per heavy atom. The smallest absolute Gasteiger partial charge is 0.542 e. The Balaban J connectivity index is -0.0000000146. The third kappa shape index (κ3) is 65800. The Morgan fingerprint density at radius 2 is 1.07 bits per heavy atom. The fourth-order valence-corrected chi connectivity index (χ4v) is 0. The zero-order valence-electron chi connectivity index (χ0n) is 9.89. The van der Waals surface area contributed by atoms with E-state index in [1.165, 1.54) is 13.2 Å². The minimum Gasteiger partial charge on any atom is -0.542 e. The van der Waals surface area contributed by atoms with E-state index in [1.54, 1.807) is 20.8 Å². The molecule has 0 aliphatic carbocycles. The quantitative estimate of drug-likeness (QED) is 0.521. The van der Waals surface area contributed by atoms with Gasteiger partial charge in [0.1, 0.15) is 0 Å². The van der Waals surface area contributed by atoms with Crippen molar-refractivity contribution in [3.05, 3.63) is 20.8 Å². The molecule has 0 heterocycles. The summed E-state index contributed by atoms with van der Waals surface area (Å²) in [6.45, 7) is 17.4. The number of carbonyl (C=O) groups is 1. The van der Waals surface area contributed by atoms with Crippen LogP contribution in [0.15, 0.2) is 0 Å². The van der Waals surface area contributed by atoms with Crippen molar-refractivity contribution in [3.8, 4) is 0 Å². The Hall–Kier alpha value is -0.146. The summed E-state index contributed by atoms with van der Waals surface area (Å²) in [6.07, 6.45) is 1.50. The predicted octanol–water partition coefficient (Wildman–Crippen LogP) is 2.73. The van der Waals surface area contributed by atoms with Crippen molar-refractivity contribution in [3.63, 3.8) is 0 Å². The topological polar surface area (TPSA) is 54.4 Å². The minimum absolute atomic E-state index is 0. The van der Waals surface area contributed by atoms with Gasteiger partial charge < -0.3 is 30.7 Å². The molecule has 0 fully saturated rings. The molecule has 0 aromatic carbocycles. The van der Waals surface area contributed by atoms with Crippen LogP contribution in [0.4, 0.5) is 0 Å². The summed E-state index contributed by atoms with van der Waals surface area (Å²) >= 11 is 0. The number of carboxylic acid groups (broad SMARTS) is 1. The summed E-state index contributed by atoms with van der Waals surface area (Å²) in [5, 5.41) is 7.42. The van der Waals surface area contributed by atoms with Gasteiger partial charge in [-0.2, -0.15) is 27.7 Å². The van der Waals surface area contributed by atoms with E-state index in [1.807, 2.05) is 0 Å². The van der Waals surface area contributed by atoms with Gasteiger partial charge in [0.15, 0.2) is 0 Å². The van der Waals surface area contributed by atoms with Gasteiger partial charge in [0, 0.05) is 6.92 Å². The molecule has 14 heavy (non-hydrogen) atoms. The minimum atomic E-state index is -0.833. The molecule has 1 N–H and O–H groups in total. The second-order valence-corrected chi connectivity index (χ2v) is 0.723. The number of rotatable bonds is 0. The van der Waals surface area contributed by atoms with E-state index in [-0.39, 0.29) is 21.7 Å². The normalized spacial score (nSPS) is 4.00. The molecule has 3 nitrogen and oxygen atoms in total. The summed E-state index contributed by atoms with van der Waals surface area (Å²) < 4.78 is 0. The third-order valence-electron chi connectivity index (χ3n) is 0. The molecule has 0 aromatic rings. The van der Waals surface area contributed by atoms with E-state index in [2.05, 4.69) is 20.8 Å². The molecular formula is C10H22O3Ti. The van der Waals surface area contributed by atoms with E-state index in [0.29, 0.717) is 0 Å². The van der Waals surface area contributed by atoms with Gasteiger partial charge in [-0.15, -0.1) is 0 Å². The molecule has 0 saturated carbocycles. The first-order valence-corrected chi connectivity index (χ1v) is 3.75. The molecule has 0 aromatic heterocycles. The Bertz CT molecular complexity index is 62.4. The van der Waals surface area contributed by atoms with Gasteiger partial charge in [-0.05, 0) is 0 Å². The van der Waals surface area contributed by atoms with Crippen molar-refractivity contribution < 1.29 is 36.4 Å². The maximum absolute atomic E-state index is 9.00. The molecule has 0 rings (SSSR count). The first kappa shape index (κ1) is 37.1. The summed E-state index contributed by atoms with van der Waals surface area (Å²) in [6, 6.07) is 0. The van der Waals surface area contributed by atoms with Crippen LogP contribution in [0.2, 0.25) is 0 Å². The second-order valence-electron chi connectivity index (χ2n) is 0.723. The van der Waals surface area contributed by atoms with Crippen LogP contribution < -0.4 is 0 Å². The van der Waals surface area contributed by atoms with Crippen molar-refractivity contribution in [2.24, 2.45) is 0 Å². The van der Waals surface area contributed by atoms with Gasteiger partial charge in [0.05, 0.1) is 0 Å². The Kier molecular flexibility index (Phi) is 322. The molecule has 0 aliphatic heterocycles. The van der Waals surface area contributed by atoms with Crippen LogP contribution in [0.25, 0.3) is 0 Å². The first-order valence-electron chi connectivity index (χ1n) is 3.75. The number of carbonyl (C=O) groups excluding carboxylic acids is 1. The maximum Gasteiger partial charge on any atom is 4.00 e. The van der Waals surface area contributed by atoms with Gasteiger partial charge in [-0.3, -0.25) is 11.1 Å². The van der Waals surface area contributed by atoms with Gasteiger partial charge in [-0.25, -0.2) is 0 Å². The fourth-order valence-electron chi connectivity index (χ4n) is 0. The SMILES string of the molecule is CC(=O)O.C[C-]=O.[CH2-]C.[CH2-]C.[CH2-]C.[Ti+4]. The summed E-state index contributed by atoms with van der Waals surface area (Å²) in [5.41, 5.74) is 0. The van der Waals surface area contributed by atoms with Crippen molar-refractivity contribution in [2.75, 3.05) is 0 Å². The van der Waals surface area contributed by atoms with Crippen LogP contribution >= 0.6 is 0 Å². The number of hydrogen-bond acceptors (Lipinski definition) is 2. The van der Waals surface area contributed by atoms with Gasteiger partial charge in [0.25, 0.3) is 5.97 Å². The van der Waals surface area contributed by atoms with Gasteiger partial charge in [0.2, 0.25) is 0 Å². The number of hydrogen-bond donors (Lipinski definition) is 1. The van der Waals surface area contributed by atoms with Crippen LogP contribution in [-0.4, -0.2) is 17.4 Å². The van der Waals surface area contributed by atoms with E-state index in [9.17, 15) is 0 Å². The molecule has 4 heteroatoms. The maximum atomic E-state index is 9.00. The standard InChI is InChI=1S/C2H4O2.C2H3O.3C2H5.Ti/c1-2(3)4;1-2-3;3*1-2;/h1H3,(H,3,4);1H3;3*1H2,2H3;/q;4*-1;+4. The summed E-state index contributed by atoms with van der Waals surface area (Å²) in [7, 11) is 0. The van der Waals surface area contributed by atoms with Crippen molar-refractivity contribution in [1.82, 2.24) is 0 Å². The molecule has 0 unspecified atom stereocenters. The summed E-state index contributed by atoms with van der Waals surface area (Å²) in [4.78, 5) is 17.7. The number of aliphatic carboxylic acids is 1. The zero-order chi connectivity index (χ0) is 12.3. The van der Waals surface area contributed by atoms with Crippen LogP contribution in [0.3, 0.4) is 0 Å². The molecular weight excluding hydrogens is 216 g/mol. The monoisotopic (exact) mass is 238 g/mol. The second kappa shape index (κ2) is 122. The Morgan fingerprint density at radius 1 is 1.07 bits per heavy atom. The van der Waals surface area contributed by atoms with Crippen molar-refractivity contribution >= 4 is 12.3 Å². The van der Waals surface area contributed by atoms with Crippen molar-refractivity contribution in [1.29, 1.82) is 0 Å². The molecule has 0 saturated heterocycles. The van der Waals surface area contributed by atoms with E-state index >= 15 is 0 Å². The van der Waals surface area contributed by atoms with Crippen molar-refractivity contribution in [2.45, 2.75) is 34.6 Å². The van der Waals surface area contributed by atoms with E-state index < -0.39 is 5.97 Å². The average molecular weight is 238 g/mol. The molecule has 0 aliphatic rings. The van der Waals surface area contributed by atoms with Crippen LogP contribution in [0, 0.1) is 20.8 Å². The molecule has 0 spiro atoms. The van der Waals surface area contributed by atoms with E-state index in [4.69, 9.17) is 14.7 Å². The molecule has 0 atom stereocenters. The molecule has 0 radical (unpaired) electrons. The largest absolute Gasteiger partial charge is 4.00 e. The van der Waals surface area contributed by atoms with Gasteiger partial charge in [-0.1, -0.05) is 0 Å². The fraction of sp³-hybridized carbons (Fsp3) is 0.500. The predicted molar refractivity (Wildman–Crippen MR) is 57.8 cm³/mol. The van der Waals surface area contributed by atoms with Crippen LogP contribution in [0.5, 0.6) is 0 Å². The van der Waals surface area contributed by atoms with Crippen LogP contribution in [-0.2, 0) is 31.3 Å². The van der Waals surface area contributed by atoms with Crippen LogP contribution in [0.1, 0.15) is 34.6 Å². The summed E-state index contributed by atoms with van der Waals surface area (Å²) in [5.74, 6) is -0.833. The van der Waals surface area contributed by atoms with Gasteiger partial charge >= 0.3 is 21.7 Å². The number of carboxylic acids is 1. The molecule has 84 valence electrons. The first-order chi connectivity index (χ1) is 6.15. The average Bonchev–Trinajstić information content (AvgIpc) is 2.14. The Labute approximate surface area is 104 Å².